The molecule has 0 saturated heterocycles. The van der Waals surface area contributed by atoms with Crippen LogP contribution in [0.1, 0.15) is 37.0 Å². The highest BCUT2D eigenvalue weighted by molar-refractivity contribution is 6.01. The van der Waals surface area contributed by atoms with Gasteiger partial charge in [-0.1, -0.05) is 0 Å². The predicted molar refractivity (Wildman–Crippen MR) is 132 cm³/mol. The fraction of sp³-hybridized carbons (Fsp3) is 0.346. The van der Waals surface area contributed by atoms with Crippen molar-refractivity contribution in [3.05, 3.63) is 48.5 Å². The Kier molecular flexibility index (Phi) is 6.45. The van der Waals surface area contributed by atoms with Crippen LogP contribution in [-0.2, 0) is 7.05 Å². The van der Waals surface area contributed by atoms with Gasteiger partial charge >= 0.3 is 6.61 Å². The molecule has 1 amide bonds. The number of carbonyl (C=O) groups excluding carboxylic acids is 1. The summed E-state index contributed by atoms with van der Waals surface area (Å²) in [5.74, 6) is -0.0745. The van der Waals surface area contributed by atoms with Crippen molar-refractivity contribution in [2.24, 2.45) is 7.05 Å². The molecule has 4 aromatic rings. The molecule has 0 aliphatic heterocycles. The first-order valence-electron chi connectivity index (χ1n) is 11.9. The van der Waals surface area contributed by atoms with Gasteiger partial charge < -0.3 is 19.5 Å². The number of halogens is 2. The van der Waals surface area contributed by atoms with Crippen molar-refractivity contribution in [1.82, 2.24) is 24.5 Å². The summed E-state index contributed by atoms with van der Waals surface area (Å²) in [7, 11) is 3.21. The molecule has 9 nitrogen and oxygen atoms in total. The van der Waals surface area contributed by atoms with Gasteiger partial charge in [0.15, 0.2) is 0 Å². The van der Waals surface area contributed by atoms with Crippen LogP contribution in [0.4, 0.5) is 8.78 Å². The van der Waals surface area contributed by atoms with Gasteiger partial charge in [0.1, 0.15) is 28.5 Å². The summed E-state index contributed by atoms with van der Waals surface area (Å²) in [4.78, 5) is 17.4. The number of aryl methyl sites for hydroxylation is 1. The summed E-state index contributed by atoms with van der Waals surface area (Å²) in [6, 6.07) is 4.92. The first-order valence-corrected chi connectivity index (χ1v) is 11.9. The number of nitrogens with one attached hydrogen (secondary N) is 1. The van der Waals surface area contributed by atoms with Crippen molar-refractivity contribution in [3.8, 4) is 39.6 Å². The number of ether oxygens (including phenoxy) is 3. The molecule has 3 heterocycles. The van der Waals surface area contributed by atoms with E-state index in [1.54, 1.807) is 33.7 Å². The quantitative estimate of drug-likeness (QED) is 0.351. The second kappa shape index (κ2) is 9.72. The molecular formula is C26H27F2N5O4. The van der Waals surface area contributed by atoms with Crippen LogP contribution in [0.3, 0.4) is 0 Å². The van der Waals surface area contributed by atoms with Crippen LogP contribution in [0.5, 0.6) is 17.2 Å². The van der Waals surface area contributed by atoms with E-state index in [2.05, 4.69) is 15.4 Å². The van der Waals surface area contributed by atoms with E-state index in [1.165, 1.54) is 13.2 Å². The minimum Gasteiger partial charge on any atom is -0.496 e. The molecular weight excluding hydrogens is 484 g/mol. The van der Waals surface area contributed by atoms with Crippen LogP contribution in [0.2, 0.25) is 0 Å². The number of hydrogen-bond acceptors (Lipinski definition) is 6. The molecule has 1 saturated carbocycles. The molecule has 0 atom stereocenters. The second-order valence-corrected chi connectivity index (χ2v) is 9.17. The van der Waals surface area contributed by atoms with Gasteiger partial charge in [0.05, 0.1) is 37.5 Å². The van der Waals surface area contributed by atoms with Crippen molar-refractivity contribution in [3.63, 3.8) is 0 Å². The molecule has 0 unspecified atom stereocenters. The van der Waals surface area contributed by atoms with Crippen molar-refractivity contribution >= 4 is 11.6 Å². The highest BCUT2D eigenvalue weighted by atomic mass is 19.3. The van der Waals surface area contributed by atoms with Crippen molar-refractivity contribution in [2.45, 2.75) is 45.4 Å². The predicted octanol–water partition coefficient (Wildman–Crippen LogP) is 4.69. The van der Waals surface area contributed by atoms with Crippen molar-refractivity contribution in [1.29, 1.82) is 0 Å². The maximum Gasteiger partial charge on any atom is 0.387 e. The van der Waals surface area contributed by atoms with Crippen LogP contribution in [0.25, 0.3) is 28.0 Å². The summed E-state index contributed by atoms with van der Waals surface area (Å²) < 4.78 is 46.5. The lowest BCUT2D eigenvalue weighted by molar-refractivity contribution is -0.0502. The van der Waals surface area contributed by atoms with Gasteiger partial charge in [0.25, 0.3) is 5.91 Å². The van der Waals surface area contributed by atoms with Gasteiger partial charge in [-0.3, -0.25) is 13.9 Å². The van der Waals surface area contributed by atoms with Crippen molar-refractivity contribution < 1.29 is 27.8 Å². The summed E-state index contributed by atoms with van der Waals surface area (Å²) in [6.07, 6.45) is 8.64. The average molecular weight is 512 g/mol. The van der Waals surface area contributed by atoms with Crippen LogP contribution in [-0.4, -0.2) is 50.9 Å². The molecule has 1 aliphatic rings. The van der Waals surface area contributed by atoms with E-state index >= 15 is 0 Å². The zero-order valence-corrected chi connectivity index (χ0v) is 20.9. The number of pyridine rings is 1. The molecule has 1 N–H and O–H groups in total. The number of alkyl halides is 2. The molecule has 194 valence electrons. The molecule has 1 aromatic carbocycles. The van der Waals surface area contributed by atoms with Gasteiger partial charge in [-0.05, 0) is 44.9 Å². The second-order valence-electron chi connectivity index (χ2n) is 9.17. The summed E-state index contributed by atoms with van der Waals surface area (Å²) >= 11 is 0. The summed E-state index contributed by atoms with van der Waals surface area (Å²) in [5.41, 5.74) is 3.27. The Morgan fingerprint density at radius 2 is 1.81 bits per heavy atom. The largest absolute Gasteiger partial charge is 0.496 e. The molecule has 11 heteroatoms. The van der Waals surface area contributed by atoms with E-state index in [0.29, 0.717) is 22.7 Å². The first kappa shape index (κ1) is 24.5. The Morgan fingerprint density at radius 1 is 1.05 bits per heavy atom. The van der Waals surface area contributed by atoms with Crippen LogP contribution >= 0.6 is 0 Å². The monoisotopic (exact) mass is 511 g/mol. The van der Waals surface area contributed by atoms with Gasteiger partial charge in [-0.25, -0.2) is 4.98 Å². The number of rotatable bonds is 9. The lowest BCUT2D eigenvalue weighted by atomic mass is 10.1. The SMILES string of the molecule is COc1cc(-c2cnc3cc(-c4cnn(C)c4)c(OC(C)C)cn23)cc(OC(F)F)c1C(=O)NC1CC1. The molecule has 3 aromatic heterocycles. The lowest BCUT2D eigenvalue weighted by Gasteiger charge is -2.17. The minimum atomic E-state index is -3.12. The Hall–Kier alpha value is -4.15. The third-order valence-electron chi connectivity index (χ3n) is 5.93. The molecule has 37 heavy (non-hydrogen) atoms. The molecule has 1 fully saturated rings. The number of benzene rings is 1. The van der Waals surface area contributed by atoms with Gasteiger partial charge in [0.2, 0.25) is 0 Å². The van der Waals surface area contributed by atoms with E-state index in [-0.39, 0.29) is 29.2 Å². The fourth-order valence-electron chi connectivity index (χ4n) is 4.15. The smallest absolute Gasteiger partial charge is 0.387 e. The zero-order chi connectivity index (χ0) is 26.3. The van der Waals surface area contributed by atoms with Gasteiger partial charge in [-0.2, -0.15) is 13.9 Å². The fourth-order valence-corrected chi connectivity index (χ4v) is 4.15. The van der Waals surface area contributed by atoms with Crippen molar-refractivity contribution in [2.75, 3.05) is 7.11 Å². The number of nitrogens with zero attached hydrogens (tertiary/aromatic N) is 4. The van der Waals surface area contributed by atoms with Crippen LogP contribution < -0.4 is 19.5 Å². The number of fused-ring (bicyclic) bond motifs is 1. The Balaban J connectivity index is 1.65. The van der Waals surface area contributed by atoms with Gasteiger partial charge in [0, 0.05) is 36.0 Å². The Bertz CT molecular complexity index is 1460. The number of aromatic nitrogens is 4. The maximum atomic E-state index is 13.3. The number of amides is 1. The van der Waals surface area contributed by atoms with Crippen LogP contribution in [0.15, 0.2) is 43.0 Å². The standard InChI is InChI=1S/C26H27F2N5O4/c1-14(2)36-22-13-33-19(11-29-23(33)9-18(22)16-10-30-32(3)12-16)15-7-20(35-4)24(21(8-15)37-26(27)28)25(34)31-17-5-6-17/h7-14,17,26H,5-6H2,1-4H3,(H,31,34). The van der Waals surface area contributed by atoms with E-state index in [0.717, 1.165) is 24.0 Å². The Morgan fingerprint density at radius 3 is 2.43 bits per heavy atom. The first-order chi connectivity index (χ1) is 17.7. The average Bonchev–Trinajstić information content (AvgIpc) is 3.38. The lowest BCUT2D eigenvalue weighted by Crippen LogP contribution is -2.26. The number of carbonyl (C=O) groups is 1. The minimum absolute atomic E-state index is 0.0310. The van der Waals surface area contributed by atoms with E-state index in [9.17, 15) is 13.6 Å². The number of imidazole rings is 1. The topological polar surface area (TPSA) is 91.9 Å². The molecule has 1 aliphatic carbocycles. The third kappa shape index (κ3) is 5.07. The van der Waals surface area contributed by atoms with Gasteiger partial charge in [-0.15, -0.1) is 0 Å². The summed E-state index contributed by atoms with van der Waals surface area (Å²) in [6.45, 7) is 0.731. The van der Waals surface area contributed by atoms with E-state index in [4.69, 9.17) is 14.2 Å². The summed E-state index contributed by atoms with van der Waals surface area (Å²) in [5, 5.41) is 7.06. The number of hydrogen-bond donors (Lipinski definition) is 1. The zero-order valence-electron chi connectivity index (χ0n) is 20.9. The highest BCUT2D eigenvalue weighted by Crippen LogP contribution is 2.38. The Labute approximate surface area is 212 Å². The molecule has 0 bridgehead atoms. The molecule has 0 spiro atoms. The van der Waals surface area contributed by atoms with E-state index in [1.807, 2.05) is 33.2 Å². The molecule has 5 rings (SSSR count). The third-order valence-corrected chi connectivity index (χ3v) is 5.93. The number of methoxy groups -OCH3 is 1. The van der Waals surface area contributed by atoms with E-state index < -0.39 is 12.5 Å². The molecule has 0 radical (unpaired) electrons. The van der Waals surface area contributed by atoms with Crippen LogP contribution in [0, 0.1) is 0 Å². The maximum absolute atomic E-state index is 13.3. The highest BCUT2D eigenvalue weighted by Gasteiger charge is 2.29. The normalized spacial score (nSPS) is 13.4.